The van der Waals surface area contributed by atoms with Crippen molar-refractivity contribution in [3.8, 4) is 0 Å². The maximum atomic E-state index is 12.2. The highest BCUT2D eigenvalue weighted by atomic mass is 35.5. The van der Waals surface area contributed by atoms with Gasteiger partial charge >= 0.3 is 0 Å². The Hall–Kier alpha value is -1.32. The van der Waals surface area contributed by atoms with Crippen LogP contribution in [0.15, 0.2) is 30.5 Å². The van der Waals surface area contributed by atoms with Crippen molar-refractivity contribution < 1.29 is 4.79 Å². The van der Waals surface area contributed by atoms with Crippen LogP contribution in [0, 0.1) is 0 Å². The van der Waals surface area contributed by atoms with Crippen LogP contribution in [0.3, 0.4) is 0 Å². The summed E-state index contributed by atoms with van der Waals surface area (Å²) in [6.45, 7) is 2.57. The molecule has 88 valence electrons. The molecule has 0 saturated carbocycles. The van der Waals surface area contributed by atoms with Crippen LogP contribution in [0.5, 0.6) is 0 Å². The molecule has 1 aromatic heterocycles. The second-order valence-electron chi connectivity index (χ2n) is 3.52. The predicted molar refractivity (Wildman–Crippen MR) is 67.8 cm³/mol. The fraction of sp³-hybridized carbons (Fsp3) is 0.167. The largest absolute Gasteiger partial charge is 0.287 e. The molecule has 0 fully saturated rings. The third-order valence-corrected chi connectivity index (χ3v) is 2.81. The Morgan fingerprint density at radius 1 is 1.29 bits per heavy atom. The van der Waals surface area contributed by atoms with E-state index in [-0.39, 0.29) is 5.78 Å². The minimum Gasteiger partial charge on any atom is -0.287 e. The van der Waals surface area contributed by atoms with Gasteiger partial charge in [0, 0.05) is 28.4 Å². The normalized spacial score (nSPS) is 10.5. The Labute approximate surface area is 109 Å². The van der Waals surface area contributed by atoms with Crippen molar-refractivity contribution in [2.45, 2.75) is 13.5 Å². The van der Waals surface area contributed by atoms with Crippen molar-refractivity contribution in [3.63, 3.8) is 0 Å². The van der Waals surface area contributed by atoms with Crippen LogP contribution in [0.4, 0.5) is 0 Å². The monoisotopic (exact) mass is 268 g/mol. The second kappa shape index (κ2) is 4.90. The van der Waals surface area contributed by atoms with E-state index in [4.69, 9.17) is 23.2 Å². The third-order valence-electron chi connectivity index (χ3n) is 2.37. The molecule has 3 nitrogen and oxygen atoms in total. The lowest BCUT2D eigenvalue weighted by atomic mass is 10.1. The molecule has 0 aliphatic heterocycles. The van der Waals surface area contributed by atoms with Crippen molar-refractivity contribution in [1.82, 2.24) is 9.78 Å². The first-order valence-electron chi connectivity index (χ1n) is 5.14. The highest BCUT2D eigenvalue weighted by molar-refractivity contribution is 6.35. The summed E-state index contributed by atoms with van der Waals surface area (Å²) in [6.07, 6.45) is 1.60. The first-order chi connectivity index (χ1) is 8.11. The zero-order chi connectivity index (χ0) is 12.4. The molecule has 0 radical (unpaired) electrons. The molecule has 0 atom stereocenters. The Balaban J connectivity index is 2.43. The van der Waals surface area contributed by atoms with E-state index in [0.717, 1.165) is 0 Å². The Morgan fingerprint density at radius 3 is 2.53 bits per heavy atom. The lowest BCUT2D eigenvalue weighted by Crippen LogP contribution is -2.10. The van der Waals surface area contributed by atoms with Gasteiger partial charge in [0.1, 0.15) is 5.69 Å². The second-order valence-corrected chi connectivity index (χ2v) is 4.39. The van der Waals surface area contributed by atoms with Gasteiger partial charge in [-0.05, 0) is 31.2 Å². The smallest absolute Gasteiger partial charge is 0.211 e. The highest BCUT2D eigenvalue weighted by Gasteiger charge is 2.14. The number of hydrogen-bond acceptors (Lipinski definition) is 2. The highest BCUT2D eigenvalue weighted by Crippen LogP contribution is 2.21. The van der Waals surface area contributed by atoms with Gasteiger partial charge in [-0.25, -0.2) is 0 Å². The lowest BCUT2D eigenvalue weighted by molar-refractivity contribution is 0.102. The van der Waals surface area contributed by atoms with Crippen molar-refractivity contribution in [1.29, 1.82) is 0 Å². The predicted octanol–water partition coefficient (Wildman–Crippen LogP) is 3.44. The van der Waals surface area contributed by atoms with E-state index in [9.17, 15) is 4.79 Å². The van der Waals surface area contributed by atoms with Gasteiger partial charge < -0.3 is 0 Å². The average Bonchev–Trinajstić information content (AvgIpc) is 2.74. The summed E-state index contributed by atoms with van der Waals surface area (Å²) in [7, 11) is 0. The molecule has 0 bridgehead atoms. The van der Waals surface area contributed by atoms with Gasteiger partial charge in [0.25, 0.3) is 0 Å². The number of ketones is 1. The zero-order valence-electron chi connectivity index (χ0n) is 9.15. The Morgan fingerprint density at radius 2 is 1.94 bits per heavy atom. The van der Waals surface area contributed by atoms with Crippen LogP contribution in [0.1, 0.15) is 23.0 Å². The molecule has 0 unspecified atom stereocenters. The molecule has 2 aromatic rings. The van der Waals surface area contributed by atoms with Gasteiger partial charge in [-0.3, -0.25) is 9.48 Å². The quantitative estimate of drug-likeness (QED) is 0.800. The van der Waals surface area contributed by atoms with Crippen LogP contribution in [-0.4, -0.2) is 15.6 Å². The number of nitrogens with zero attached hydrogens (tertiary/aromatic N) is 2. The Bertz CT molecular complexity index is 543. The molecule has 1 heterocycles. The SMILES string of the molecule is CCn1nccc1C(=O)c1cc(Cl)cc(Cl)c1. The molecular formula is C12H10Cl2N2O. The van der Waals surface area contributed by atoms with Gasteiger partial charge in [0.2, 0.25) is 5.78 Å². The molecule has 0 aliphatic carbocycles. The van der Waals surface area contributed by atoms with E-state index in [1.165, 1.54) is 0 Å². The summed E-state index contributed by atoms with van der Waals surface area (Å²) in [5, 5.41) is 4.95. The molecule has 0 spiro atoms. The molecule has 1 aromatic carbocycles. The average molecular weight is 269 g/mol. The van der Waals surface area contributed by atoms with E-state index >= 15 is 0 Å². The topological polar surface area (TPSA) is 34.9 Å². The number of aromatic nitrogens is 2. The molecule has 0 N–H and O–H groups in total. The van der Waals surface area contributed by atoms with E-state index < -0.39 is 0 Å². The van der Waals surface area contributed by atoms with E-state index in [1.807, 2.05) is 6.92 Å². The molecule has 5 heteroatoms. The first kappa shape index (κ1) is 12.1. The van der Waals surface area contributed by atoms with Crippen molar-refractivity contribution in [2.24, 2.45) is 0 Å². The van der Waals surface area contributed by atoms with Gasteiger partial charge in [-0.15, -0.1) is 0 Å². The molecule has 2 rings (SSSR count). The van der Waals surface area contributed by atoms with E-state index in [2.05, 4.69) is 5.10 Å². The molecule has 17 heavy (non-hydrogen) atoms. The molecule has 0 saturated heterocycles. The van der Waals surface area contributed by atoms with Crippen molar-refractivity contribution in [3.05, 3.63) is 51.8 Å². The van der Waals surface area contributed by atoms with Gasteiger partial charge in [-0.1, -0.05) is 23.2 Å². The van der Waals surface area contributed by atoms with Crippen LogP contribution in [0.2, 0.25) is 10.0 Å². The molecular weight excluding hydrogens is 259 g/mol. The summed E-state index contributed by atoms with van der Waals surface area (Å²) in [5.74, 6) is -0.131. The maximum Gasteiger partial charge on any atom is 0.211 e. The van der Waals surface area contributed by atoms with Crippen LogP contribution in [0.25, 0.3) is 0 Å². The third kappa shape index (κ3) is 2.51. The number of benzene rings is 1. The fourth-order valence-electron chi connectivity index (χ4n) is 1.61. The van der Waals surface area contributed by atoms with Crippen LogP contribution in [-0.2, 0) is 6.54 Å². The van der Waals surface area contributed by atoms with Crippen LogP contribution < -0.4 is 0 Å². The Kier molecular flexibility index (Phi) is 3.50. The number of carbonyl (C=O) groups is 1. The summed E-state index contributed by atoms with van der Waals surface area (Å²) in [6, 6.07) is 6.48. The maximum absolute atomic E-state index is 12.2. The summed E-state index contributed by atoms with van der Waals surface area (Å²) in [4.78, 5) is 12.2. The standard InChI is InChI=1S/C12H10Cl2N2O/c1-2-16-11(3-4-15-16)12(17)8-5-9(13)7-10(14)6-8/h3-7H,2H2,1H3. The number of carbonyl (C=O) groups excluding carboxylic acids is 1. The van der Waals surface area contributed by atoms with Crippen LogP contribution >= 0.6 is 23.2 Å². The fourth-order valence-corrected chi connectivity index (χ4v) is 2.14. The number of halogens is 2. The molecule has 0 amide bonds. The van der Waals surface area contributed by atoms with Gasteiger partial charge in [0.15, 0.2) is 0 Å². The van der Waals surface area contributed by atoms with E-state index in [0.29, 0.717) is 27.8 Å². The minimum absolute atomic E-state index is 0.131. The summed E-state index contributed by atoms with van der Waals surface area (Å²) < 4.78 is 1.64. The van der Waals surface area contributed by atoms with Crippen molar-refractivity contribution >= 4 is 29.0 Å². The minimum atomic E-state index is -0.131. The first-order valence-corrected chi connectivity index (χ1v) is 5.90. The zero-order valence-corrected chi connectivity index (χ0v) is 10.7. The van der Waals surface area contributed by atoms with E-state index in [1.54, 1.807) is 35.1 Å². The van der Waals surface area contributed by atoms with Gasteiger partial charge in [-0.2, -0.15) is 5.10 Å². The number of aryl methyl sites for hydroxylation is 1. The van der Waals surface area contributed by atoms with Gasteiger partial charge in [0.05, 0.1) is 0 Å². The van der Waals surface area contributed by atoms with Crippen molar-refractivity contribution in [2.75, 3.05) is 0 Å². The number of rotatable bonds is 3. The number of hydrogen-bond donors (Lipinski definition) is 0. The lowest BCUT2D eigenvalue weighted by Gasteiger charge is -2.05. The molecule has 0 aliphatic rings. The summed E-state index contributed by atoms with van der Waals surface area (Å²) >= 11 is 11.7. The summed E-state index contributed by atoms with van der Waals surface area (Å²) in [5.41, 5.74) is 1.00.